The SMILES string of the molecule is CCCCC(C(=O)OC)C(C)(O)CC. The van der Waals surface area contributed by atoms with Crippen molar-refractivity contribution in [2.45, 2.75) is 52.1 Å². The third kappa shape index (κ3) is 3.66. The molecule has 0 fully saturated rings. The fourth-order valence-corrected chi connectivity index (χ4v) is 1.48. The lowest BCUT2D eigenvalue weighted by molar-refractivity contribution is -0.155. The first-order valence-electron chi connectivity index (χ1n) is 5.29. The van der Waals surface area contributed by atoms with Crippen molar-refractivity contribution in [1.82, 2.24) is 0 Å². The molecule has 3 heteroatoms. The number of carbonyl (C=O) groups excluding carboxylic acids is 1. The quantitative estimate of drug-likeness (QED) is 0.671. The molecule has 0 aromatic carbocycles. The molecule has 0 aliphatic carbocycles. The van der Waals surface area contributed by atoms with Crippen LogP contribution in [0, 0.1) is 5.92 Å². The lowest BCUT2D eigenvalue weighted by Gasteiger charge is -2.29. The summed E-state index contributed by atoms with van der Waals surface area (Å²) in [6, 6.07) is 0. The molecule has 3 nitrogen and oxygen atoms in total. The molecule has 0 aliphatic rings. The van der Waals surface area contributed by atoms with Crippen LogP contribution in [0.4, 0.5) is 0 Å². The summed E-state index contributed by atoms with van der Waals surface area (Å²) in [5, 5.41) is 10.0. The molecule has 0 spiro atoms. The van der Waals surface area contributed by atoms with E-state index in [4.69, 9.17) is 4.74 Å². The van der Waals surface area contributed by atoms with Crippen LogP contribution in [0.3, 0.4) is 0 Å². The van der Waals surface area contributed by atoms with Crippen molar-refractivity contribution in [2.75, 3.05) is 7.11 Å². The number of rotatable bonds is 6. The predicted octanol–water partition coefficient (Wildman–Crippen LogP) is 2.13. The molecule has 0 radical (unpaired) electrons. The second-order valence-electron chi connectivity index (χ2n) is 3.93. The molecule has 0 bridgehead atoms. The van der Waals surface area contributed by atoms with E-state index in [9.17, 15) is 9.90 Å². The second-order valence-corrected chi connectivity index (χ2v) is 3.93. The number of carbonyl (C=O) groups is 1. The van der Waals surface area contributed by atoms with E-state index in [0.29, 0.717) is 12.8 Å². The lowest BCUT2D eigenvalue weighted by Crippen LogP contribution is -2.39. The zero-order valence-electron chi connectivity index (χ0n) is 9.67. The topological polar surface area (TPSA) is 46.5 Å². The zero-order chi connectivity index (χ0) is 11.2. The Balaban J connectivity index is 4.46. The highest BCUT2D eigenvalue weighted by molar-refractivity contribution is 5.73. The maximum absolute atomic E-state index is 11.4. The summed E-state index contributed by atoms with van der Waals surface area (Å²) in [6.45, 7) is 5.64. The summed E-state index contributed by atoms with van der Waals surface area (Å²) >= 11 is 0. The lowest BCUT2D eigenvalue weighted by atomic mass is 9.83. The van der Waals surface area contributed by atoms with Crippen LogP contribution in [0.2, 0.25) is 0 Å². The van der Waals surface area contributed by atoms with E-state index in [-0.39, 0.29) is 5.97 Å². The van der Waals surface area contributed by atoms with Crippen molar-refractivity contribution >= 4 is 5.97 Å². The van der Waals surface area contributed by atoms with Crippen LogP contribution in [-0.2, 0) is 9.53 Å². The molecule has 84 valence electrons. The van der Waals surface area contributed by atoms with Crippen molar-refractivity contribution in [3.8, 4) is 0 Å². The minimum absolute atomic E-state index is 0.301. The summed E-state index contributed by atoms with van der Waals surface area (Å²) in [5.74, 6) is -0.692. The fraction of sp³-hybridized carbons (Fsp3) is 0.909. The highest BCUT2D eigenvalue weighted by atomic mass is 16.5. The van der Waals surface area contributed by atoms with Gasteiger partial charge in [0.2, 0.25) is 0 Å². The van der Waals surface area contributed by atoms with Gasteiger partial charge in [-0.05, 0) is 19.8 Å². The zero-order valence-corrected chi connectivity index (χ0v) is 9.67. The first kappa shape index (κ1) is 13.4. The minimum Gasteiger partial charge on any atom is -0.469 e. The summed E-state index contributed by atoms with van der Waals surface area (Å²) in [4.78, 5) is 11.4. The fourth-order valence-electron chi connectivity index (χ4n) is 1.48. The third-order valence-electron chi connectivity index (χ3n) is 2.80. The molecule has 14 heavy (non-hydrogen) atoms. The van der Waals surface area contributed by atoms with E-state index < -0.39 is 11.5 Å². The monoisotopic (exact) mass is 202 g/mol. The van der Waals surface area contributed by atoms with Crippen LogP contribution in [0.15, 0.2) is 0 Å². The van der Waals surface area contributed by atoms with Gasteiger partial charge in [-0.25, -0.2) is 0 Å². The number of hydrogen-bond donors (Lipinski definition) is 1. The maximum Gasteiger partial charge on any atom is 0.311 e. The first-order valence-corrected chi connectivity index (χ1v) is 5.29. The van der Waals surface area contributed by atoms with Crippen LogP contribution in [0.25, 0.3) is 0 Å². The van der Waals surface area contributed by atoms with Gasteiger partial charge in [0.05, 0.1) is 18.6 Å². The van der Waals surface area contributed by atoms with Crippen molar-refractivity contribution in [1.29, 1.82) is 0 Å². The Hall–Kier alpha value is -0.570. The van der Waals surface area contributed by atoms with Crippen LogP contribution in [0.1, 0.15) is 46.5 Å². The smallest absolute Gasteiger partial charge is 0.311 e. The van der Waals surface area contributed by atoms with Gasteiger partial charge in [-0.15, -0.1) is 0 Å². The molecular formula is C11H22O3. The Bertz CT molecular complexity index is 175. The Kier molecular flexibility index (Phi) is 5.77. The summed E-state index contributed by atoms with van der Waals surface area (Å²) in [5.41, 5.74) is -0.942. The number of hydrogen-bond acceptors (Lipinski definition) is 3. The van der Waals surface area contributed by atoms with Gasteiger partial charge in [0.15, 0.2) is 0 Å². The molecule has 0 saturated carbocycles. The van der Waals surface area contributed by atoms with Crippen molar-refractivity contribution < 1.29 is 14.6 Å². The van der Waals surface area contributed by atoms with Crippen molar-refractivity contribution in [3.63, 3.8) is 0 Å². The predicted molar refractivity (Wildman–Crippen MR) is 55.9 cm³/mol. The van der Waals surface area contributed by atoms with Crippen LogP contribution < -0.4 is 0 Å². The average molecular weight is 202 g/mol. The van der Waals surface area contributed by atoms with Gasteiger partial charge in [0, 0.05) is 0 Å². The van der Waals surface area contributed by atoms with Gasteiger partial charge in [-0.1, -0.05) is 26.7 Å². The molecule has 0 aromatic rings. The van der Waals surface area contributed by atoms with Crippen LogP contribution in [-0.4, -0.2) is 23.8 Å². The Morgan fingerprint density at radius 3 is 2.43 bits per heavy atom. The first-order chi connectivity index (χ1) is 6.49. The van der Waals surface area contributed by atoms with E-state index in [1.165, 1.54) is 7.11 Å². The molecular weight excluding hydrogens is 180 g/mol. The molecule has 0 heterocycles. The Labute approximate surface area is 86.5 Å². The average Bonchev–Trinajstić information content (AvgIpc) is 2.17. The molecule has 0 saturated heterocycles. The van der Waals surface area contributed by atoms with E-state index in [1.807, 2.05) is 6.92 Å². The second kappa shape index (κ2) is 6.02. The molecule has 0 amide bonds. The van der Waals surface area contributed by atoms with Crippen molar-refractivity contribution in [2.24, 2.45) is 5.92 Å². The van der Waals surface area contributed by atoms with Gasteiger partial charge in [0.25, 0.3) is 0 Å². The summed E-state index contributed by atoms with van der Waals surface area (Å²) in [7, 11) is 1.37. The van der Waals surface area contributed by atoms with Gasteiger partial charge in [-0.3, -0.25) is 4.79 Å². The maximum atomic E-state index is 11.4. The summed E-state index contributed by atoms with van der Waals surface area (Å²) < 4.78 is 4.70. The van der Waals surface area contributed by atoms with Crippen molar-refractivity contribution in [3.05, 3.63) is 0 Å². The van der Waals surface area contributed by atoms with Gasteiger partial charge in [-0.2, -0.15) is 0 Å². The largest absolute Gasteiger partial charge is 0.469 e. The highest BCUT2D eigenvalue weighted by Gasteiger charge is 2.35. The number of ether oxygens (including phenoxy) is 1. The number of aliphatic hydroxyl groups is 1. The Morgan fingerprint density at radius 2 is 2.07 bits per heavy atom. The molecule has 2 atom stereocenters. The van der Waals surface area contributed by atoms with Crippen LogP contribution >= 0.6 is 0 Å². The van der Waals surface area contributed by atoms with Gasteiger partial charge >= 0.3 is 5.97 Å². The normalized spacial score (nSPS) is 17.2. The van der Waals surface area contributed by atoms with E-state index in [2.05, 4.69) is 6.92 Å². The molecule has 2 unspecified atom stereocenters. The van der Waals surface area contributed by atoms with Gasteiger partial charge in [0.1, 0.15) is 0 Å². The van der Waals surface area contributed by atoms with Gasteiger partial charge < -0.3 is 9.84 Å². The Morgan fingerprint density at radius 1 is 1.50 bits per heavy atom. The number of unbranched alkanes of at least 4 members (excludes halogenated alkanes) is 1. The van der Waals surface area contributed by atoms with Crippen LogP contribution in [0.5, 0.6) is 0 Å². The summed E-state index contributed by atoms with van der Waals surface area (Å²) in [6.07, 6.45) is 3.23. The molecule has 0 aliphatic heterocycles. The highest BCUT2D eigenvalue weighted by Crippen LogP contribution is 2.26. The number of methoxy groups -OCH3 is 1. The molecule has 0 rings (SSSR count). The standard InChI is InChI=1S/C11H22O3/c1-5-7-8-9(10(12)14-4)11(3,13)6-2/h9,13H,5-8H2,1-4H3. The van der Waals surface area contributed by atoms with E-state index >= 15 is 0 Å². The molecule has 1 N–H and O–H groups in total. The minimum atomic E-state index is -0.942. The van der Waals surface area contributed by atoms with E-state index in [1.54, 1.807) is 6.92 Å². The third-order valence-corrected chi connectivity index (χ3v) is 2.80. The molecule has 0 aromatic heterocycles. The van der Waals surface area contributed by atoms with E-state index in [0.717, 1.165) is 12.8 Å². The number of esters is 1.